The number of esters is 2. The first kappa shape index (κ1) is 28.5. The Bertz CT molecular complexity index is 1240. The van der Waals surface area contributed by atoms with Crippen LogP contribution in [-0.4, -0.2) is 38.1 Å². The molecule has 0 aliphatic heterocycles. The molecule has 0 bridgehead atoms. The van der Waals surface area contributed by atoms with Crippen LogP contribution in [0.2, 0.25) is 0 Å². The van der Waals surface area contributed by atoms with Gasteiger partial charge >= 0.3 is 11.9 Å². The fourth-order valence-corrected chi connectivity index (χ4v) is 3.53. The number of hydrogen-bond acceptors (Lipinski definition) is 8. The van der Waals surface area contributed by atoms with E-state index >= 15 is 0 Å². The normalized spacial score (nSPS) is 11.8. The van der Waals surface area contributed by atoms with Crippen molar-refractivity contribution in [3.8, 4) is 11.5 Å². The summed E-state index contributed by atoms with van der Waals surface area (Å²) < 4.78 is 103. The third-order valence-electron chi connectivity index (χ3n) is 4.81. The summed E-state index contributed by atoms with van der Waals surface area (Å²) >= 11 is 3.10. The van der Waals surface area contributed by atoms with Gasteiger partial charge in [-0.25, -0.2) is 22.0 Å². The van der Waals surface area contributed by atoms with E-state index in [1.165, 1.54) is 6.07 Å². The quantitative estimate of drug-likeness (QED) is 0.105. The Morgan fingerprint density at radius 3 is 2.09 bits per heavy atom. The molecule has 0 spiro atoms. The monoisotopic (exact) mass is 585 g/mol. The number of benzene rings is 2. The zero-order valence-electron chi connectivity index (χ0n) is 18.4. The van der Waals surface area contributed by atoms with Crippen molar-refractivity contribution < 1.29 is 54.3 Å². The minimum atomic E-state index is -5.91. The van der Waals surface area contributed by atoms with Gasteiger partial charge in [0.15, 0.2) is 11.6 Å². The van der Waals surface area contributed by atoms with Gasteiger partial charge in [0, 0.05) is 0 Å². The van der Waals surface area contributed by atoms with Crippen LogP contribution in [-0.2, 0) is 19.6 Å². The molecule has 14 heteroatoms. The molecule has 2 aromatic rings. The molecule has 8 nitrogen and oxygen atoms in total. The molecule has 0 aliphatic rings. The molecule has 0 saturated carbocycles. The second-order valence-electron chi connectivity index (χ2n) is 7.62. The summed E-state index contributed by atoms with van der Waals surface area (Å²) in [6, 6.07) is 3.44. The van der Waals surface area contributed by atoms with Crippen molar-refractivity contribution in [3.63, 3.8) is 0 Å². The molecule has 2 rings (SSSR count). The average molecular weight is 586 g/mol. The van der Waals surface area contributed by atoms with Crippen molar-refractivity contribution >= 4 is 38.0 Å². The third-order valence-corrected chi connectivity index (χ3v) is 6.28. The summed E-state index contributed by atoms with van der Waals surface area (Å²) in [4.78, 5) is 21.8. The molecule has 0 atom stereocenters. The smallest absolute Gasteiger partial charge is 0.343 e. The van der Waals surface area contributed by atoms with Gasteiger partial charge in [0.25, 0.3) is 0 Å². The van der Waals surface area contributed by atoms with Crippen molar-refractivity contribution in [2.45, 2.75) is 32.1 Å². The van der Waals surface area contributed by atoms with Crippen molar-refractivity contribution in [1.29, 1.82) is 0 Å². The molecule has 0 N–H and O–H groups in total. The van der Waals surface area contributed by atoms with E-state index in [0.717, 1.165) is 12.1 Å². The van der Waals surface area contributed by atoms with Crippen LogP contribution in [0.4, 0.5) is 17.6 Å². The van der Waals surface area contributed by atoms with Gasteiger partial charge in [-0.1, -0.05) is 6.92 Å². The summed E-state index contributed by atoms with van der Waals surface area (Å²) in [5, 5.41) is 0. The highest BCUT2D eigenvalue weighted by Crippen LogP contribution is 2.33. The van der Waals surface area contributed by atoms with Gasteiger partial charge in [0.1, 0.15) is 34.0 Å². The Kier molecular flexibility index (Phi) is 8.89. The first-order valence-electron chi connectivity index (χ1n) is 9.75. The van der Waals surface area contributed by atoms with Gasteiger partial charge < -0.3 is 18.8 Å². The molecule has 0 unspecified atom stereocenters. The standard InChI is InChI=1S/C21H19BrF4O8S/c1-4-21(2,3)20(28)33-8-7-32-12-6-5-10(9-11(12)22)19(27)34-17-13(23)15(25)18(35(29,30)31)16(26)14(17)24/h5-6,9H,4,7-8H2,1-3H3,(H,29,30,31)/p-1. The number of ether oxygens (including phenoxy) is 3. The van der Waals surface area contributed by atoms with Gasteiger partial charge in [-0.15, -0.1) is 0 Å². The van der Waals surface area contributed by atoms with Crippen LogP contribution < -0.4 is 9.47 Å². The zero-order chi connectivity index (χ0) is 26.7. The van der Waals surface area contributed by atoms with Crippen molar-refractivity contribution in [3.05, 3.63) is 51.5 Å². The Labute approximate surface area is 206 Å². The lowest BCUT2D eigenvalue weighted by molar-refractivity contribution is -0.154. The number of carbonyl (C=O) groups excluding carboxylic acids is 2. The molecular weight excluding hydrogens is 568 g/mol. The molecule has 0 amide bonds. The summed E-state index contributed by atoms with van der Waals surface area (Å²) in [5.74, 6) is -13.4. The van der Waals surface area contributed by atoms with Crippen LogP contribution in [0.15, 0.2) is 27.6 Å². The summed E-state index contributed by atoms with van der Waals surface area (Å²) in [7, 11) is -5.91. The number of hydrogen-bond donors (Lipinski definition) is 0. The summed E-state index contributed by atoms with van der Waals surface area (Å²) in [5.41, 5.74) is -1.00. The van der Waals surface area contributed by atoms with E-state index in [2.05, 4.69) is 20.7 Å². The Morgan fingerprint density at radius 2 is 1.60 bits per heavy atom. The fourth-order valence-electron chi connectivity index (χ4n) is 2.42. The third kappa shape index (κ3) is 6.49. The minimum absolute atomic E-state index is 0.0438. The van der Waals surface area contributed by atoms with Gasteiger partial charge in [-0.05, 0) is 54.4 Å². The van der Waals surface area contributed by atoms with Crippen molar-refractivity contribution in [2.24, 2.45) is 5.41 Å². The molecule has 192 valence electrons. The minimum Gasteiger partial charge on any atom is -0.744 e. The fraction of sp³-hybridized carbons (Fsp3) is 0.333. The lowest BCUT2D eigenvalue weighted by Gasteiger charge is -2.20. The highest BCUT2D eigenvalue weighted by molar-refractivity contribution is 9.10. The SMILES string of the molecule is CCC(C)(C)C(=O)OCCOc1ccc(C(=O)Oc2c(F)c(F)c(S(=O)(=O)[O-])c(F)c2F)cc1Br. The molecule has 0 radical (unpaired) electrons. The maximum atomic E-state index is 14.1. The second-order valence-corrected chi connectivity index (χ2v) is 9.80. The maximum Gasteiger partial charge on any atom is 0.343 e. The van der Waals surface area contributed by atoms with E-state index in [0.29, 0.717) is 6.42 Å². The van der Waals surface area contributed by atoms with Crippen molar-refractivity contribution in [1.82, 2.24) is 0 Å². The molecule has 2 aromatic carbocycles. The predicted molar refractivity (Wildman–Crippen MR) is 114 cm³/mol. The van der Waals surface area contributed by atoms with E-state index < -0.39 is 61.4 Å². The van der Waals surface area contributed by atoms with Gasteiger partial charge in [-0.2, -0.15) is 8.78 Å². The first-order valence-corrected chi connectivity index (χ1v) is 12.0. The van der Waals surface area contributed by atoms with Gasteiger partial charge in [0.05, 0.1) is 15.5 Å². The molecule has 0 aromatic heterocycles. The molecule has 0 heterocycles. The Balaban J connectivity index is 2.14. The molecule has 35 heavy (non-hydrogen) atoms. The number of carbonyl (C=O) groups is 2. The highest BCUT2D eigenvalue weighted by atomic mass is 79.9. The topological polar surface area (TPSA) is 119 Å². The van der Waals surface area contributed by atoms with Crippen molar-refractivity contribution in [2.75, 3.05) is 13.2 Å². The van der Waals surface area contributed by atoms with Crippen LogP contribution >= 0.6 is 15.9 Å². The van der Waals surface area contributed by atoms with E-state index in [1.54, 1.807) is 13.8 Å². The van der Waals surface area contributed by atoms with E-state index in [-0.39, 0.29) is 29.0 Å². The predicted octanol–water partition coefficient (Wildman–Crippen LogP) is 4.49. The van der Waals surface area contributed by atoms with E-state index in [9.17, 15) is 40.1 Å². The number of rotatable bonds is 9. The highest BCUT2D eigenvalue weighted by Gasteiger charge is 2.31. The van der Waals surface area contributed by atoms with Gasteiger partial charge in [0.2, 0.25) is 17.4 Å². The molecular formula is C21H18BrF4O8S-. The van der Waals surface area contributed by atoms with Crippen LogP contribution in [0.5, 0.6) is 11.5 Å². The first-order chi connectivity index (χ1) is 16.1. The van der Waals surface area contributed by atoms with Crippen LogP contribution in [0.25, 0.3) is 0 Å². The average Bonchev–Trinajstić information content (AvgIpc) is 2.77. The molecule has 0 saturated heterocycles. The largest absolute Gasteiger partial charge is 0.744 e. The molecule has 0 fully saturated rings. The Morgan fingerprint density at radius 1 is 1.03 bits per heavy atom. The number of halogens is 5. The lowest BCUT2D eigenvalue weighted by atomic mass is 9.91. The van der Waals surface area contributed by atoms with Gasteiger partial charge in [-0.3, -0.25) is 4.79 Å². The van der Waals surface area contributed by atoms with E-state index in [4.69, 9.17) is 9.47 Å². The second kappa shape index (κ2) is 10.9. The summed E-state index contributed by atoms with van der Waals surface area (Å²) in [6.45, 7) is 5.18. The van der Waals surface area contributed by atoms with Crippen LogP contribution in [0, 0.1) is 28.7 Å². The van der Waals surface area contributed by atoms with E-state index in [1.807, 2.05) is 6.92 Å². The zero-order valence-corrected chi connectivity index (χ0v) is 20.8. The van der Waals surface area contributed by atoms with Crippen LogP contribution in [0.1, 0.15) is 37.6 Å². The molecule has 0 aliphatic carbocycles. The Hall–Kier alpha value is -2.71. The van der Waals surface area contributed by atoms with Crippen LogP contribution in [0.3, 0.4) is 0 Å². The summed E-state index contributed by atoms with van der Waals surface area (Å²) in [6.07, 6.45) is 0.574. The lowest BCUT2D eigenvalue weighted by Crippen LogP contribution is -2.27. The maximum absolute atomic E-state index is 14.1.